The predicted molar refractivity (Wildman–Crippen MR) is 130 cm³/mol. The fourth-order valence-electron chi connectivity index (χ4n) is 4.02. The lowest BCUT2D eigenvalue weighted by Gasteiger charge is -2.36. The van der Waals surface area contributed by atoms with Gasteiger partial charge in [0.2, 0.25) is 5.91 Å². The minimum absolute atomic E-state index is 0. The highest BCUT2D eigenvalue weighted by atomic mass is 127. The van der Waals surface area contributed by atoms with Gasteiger partial charge in [-0.1, -0.05) is 31.2 Å². The second-order valence-electron chi connectivity index (χ2n) is 7.64. The molecule has 6 nitrogen and oxygen atoms in total. The summed E-state index contributed by atoms with van der Waals surface area (Å²) < 4.78 is 0. The molecule has 1 amide bonds. The second kappa shape index (κ2) is 12.4. The Hall–Kier alpha value is -1.35. The molecule has 0 radical (unpaired) electrons. The van der Waals surface area contributed by atoms with Crippen molar-refractivity contribution in [2.24, 2.45) is 4.99 Å². The van der Waals surface area contributed by atoms with Crippen LogP contribution >= 0.6 is 24.0 Å². The van der Waals surface area contributed by atoms with E-state index in [1.807, 2.05) is 4.90 Å². The van der Waals surface area contributed by atoms with Gasteiger partial charge in [0.1, 0.15) is 0 Å². The van der Waals surface area contributed by atoms with Gasteiger partial charge >= 0.3 is 0 Å². The Morgan fingerprint density at radius 1 is 0.966 bits per heavy atom. The number of piperazine rings is 1. The van der Waals surface area contributed by atoms with E-state index >= 15 is 0 Å². The summed E-state index contributed by atoms with van der Waals surface area (Å²) >= 11 is 0. The molecular weight excluding hydrogens is 477 g/mol. The number of rotatable bonds is 6. The van der Waals surface area contributed by atoms with E-state index in [-0.39, 0.29) is 24.0 Å². The summed E-state index contributed by atoms with van der Waals surface area (Å²) in [6.45, 7) is 12.0. The average molecular weight is 513 g/mol. The Kier molecular flexibility index (Phi) is 10.2. The number of carbonyl (C=O) groups is 1. The maximum absolute atomic E-state index is 12.4. The van der Waals surface area contributed by atoms with E-state index in [0.29, 0.717) is 19.0 Å². The van der Waals surface area contributed by atoms with Gasteiger partial charge in [0, 0.05) is 45.8 Å². The van der Waals surface area contributed by atoms with Crippen molar-refractivity contribution in [3.05, 3.63) is 35.4 Å². The molecule has 7 heteroatoms. The summed E-state index contributed by atoms with van der Waals surface area (Å²) in [4.78, 5) is 23.9. The summed E-state index contributed by atoms with van der Waals surface area (Å²) in [6, 6.07) is 8.55. The molecule has 3 rings (SSSR count). The minimum atomic E-state index is 0. The molecule has 29 heavy (non-hydrogen) atoms. The van der Waals surface area contributed by atoms with Crippen LogP contribution in [-0.4, -0.2) is 78.9 Å². The Labute approximate surface area is 192 Å². The van der Waals surface area contributed by atoms with Crippen LogP contribution in [-0.2, 0) is 17.8 Å². The number of hydrogen-bond acceptors (Lipinski definition) is 3. The Morgan fingerprint density at radius 2 is 1.62 bits per heavy atom. The van der Waals surface area contributed by atoms with E-state index in [2.05, 4.69) is 53.2 Å². The highest BCUT2D eigenvalue weighted by Crippen LogP contribution is 2.12. The number of likely N-dealkylation sites (tertiary alicyclic amines) is 1. The van der Waals surface area contributed by atoms with Crippen molar-refractivity contribution in [1.82, 2.24) is 20.0 Å². The van der Waals surface area contributed by atoms with Crippen molar-refractivity contribution in [3.63, 3.8) is 0 Å². The van der Waals surface area contributed by atoms with E-state index in [0.717, 1.165) is 71.0 Å². The molecule has 2 aliphatic rings. The molecule has 0 saturated carbocycles. The number of amides is 1. The van der Waals surface area contributed by atoms with Crippen LogP contribution in [0.1, 0.15) is 37.8 Å². The molecule has 2 fully saturated rings. The van der Waals surface area contributed by atoms with Crippen LogP contribution in [0.25, 0.3) is 0 Å². The van der Waals surface area contributed by atoms with Gasteiger partial charge in [0.05, 0.1) is 13.1 Å². The Balaban J connectivity index is 0.00000300. The number of aliphatic imine (C=N–C) groups is 1. The summed E-state index contributed by atoms with van der Waals surface area (Å²) in [7, 11) is 0. The number of benzene rings is 1. The molecule has 1 aromatic rings. The molecule has 0 aromatic heterocycles. The van der Waals surface area contributed by atoms with Gasteiger partial charge in [-0.05, 0) is 37.3 Å². The minimum Gasteiger partial charge on any atom is -0.357 e. The molecule has 0 unspecified atom stereocenters. The van der Waals surface area contributed by atoms with Crippen molar-refractivity contribution >= 4 is 35.8 Å². The molecule has 0 aliphatic carbocycles. The SMILES string of the molecule is CCNC(=NCc1ccccc1CC)N1CCN(CC(=O)N2CCCC2)CC1.I. The number of guanidine groups is 1. The number of nitrogens with zero attached hydrogens (tertiary/aromatic N) is 4. The standard InChI is InChI=1S/C22H35N5O.HI/c1-3-19-9-5-6-10-20(19)17-24-22(23-4-2)27-15-13-25(14-16-27)18-21(28)26-11-7-8-12-26;/h5-6,9-10H,3-4,7-8,11-18H2,1-2H3,(H,23,24);1H. The van der Waals surface area contributed by atoms with Crippen LogP contribution < -0.4 is 5.32 Å². The van der Waals surface area contributed by atoms with Crippen molar-refractivity contribution in [2.45, 2.75) is 39.7 Å². The van der Waals surface area contributed by atoms with Crippen LogP contribution in [0, 0.1) is 0 Å². The smallest absolute Gasteiger partial charge is 0.236 e. The van der Waals surface area contributed by atoms with Crippen LogP contribution in [0.3, 0.4) is 0 Å². The average Bonchev–Trinajstić information content (AvgIpc) is 3.27. The number of carbonyl (C=O) groups excluding carboxylic acids is 1. The van der Waals surface area contributed by atoms with E-state index in [4.69, 9.17) is 4.99 Å². The van der Waals surface area contributed by atoms with Gasteiger partial charge in [-0.3, -0.25) is 9.69 Å². The largest absolute Gasteiger partial charge is 0.357 e. The van der Waals surface area contributed by atoms with E-state index < -0.39 is 0 Å². The highest BCUT2D eigenvalue weighted by molar-refractivity contribution is 14.0. The lowest BCUT2D eigenvalue weighted by molar-refractivity contribution is -0.131. The quantitative estimate of drug-likeness (QED) is 0.361. The molecule has 1 N–H and O–H groups in total. The third kappa shape index (κ3) is 6.84. The summed E-state index contributed by atoms with van der Waals surface area (Å²) in [6.07, 6.45) is 3.35. The maximum Gasteiger partial charge on any atom is 0.236 e. The molecule has 2 aliphatic heterocycles. The monoisotopic (exact) mass is 513 g/mol. The first-order chi connectivity index (χ1) is 13.7. The third-order valence-electron chi connectivity index (χ3n) is 5.72. The topological polar surface area (TPSA) is 51.2 Å². The number of halogens is 1. The van der Waals surface area contributed by atoms with Gasteiger partial charge in [-0.25, -0.2) is 4.99 Å². The van der Waals surface area contributed by atoms with Gasteiger partial charge < -0.3 is 15.1 Å². The first-order valence-electron chi connectivity index (χ1n) is 10.8. The Bertz CT molecular complexity index is 667. The molecule has 2 heterocycles. The van der Waals surface area contributed by atoms with Gasteiger partial charge in [0.25, 0.3) is 0 Å². The van der Waals surface area contributed by atoms with Gasteiger partial charge in [-0.15, -0.1) is 24.0 Å². The first-order valence-corrected chi connectivity index (χ1v) is 10.8. The van der Waals surface area contributed by atoms with Crippen molar-refractivity contribution in [2.75, 3.05) is 52.4 Å². The number of aryl methyl sites for hydroxylation is 1. The Morgan fingerprint density at radius 3 is 2.24 bits per heavy atom. The molecule has 2 saturated heterocycles. The van der Waals surface area contributed by atoms with Crippen LogP contribution in [0.15, 0.2) is 29.3 Å². The molecule has 0 atom stereocenters. The summed E-state index contributed by atoms with van der Waals surface area (Å²) in [5.74, 6) is 1.28. The maximum atomic E-state index is 12.4. The highest BCUT2D eigenvalue weighted by Gasteiger charge is 2.24. The molecule has 162 valence electrons. The molecule has 0 bridgehead atoms. The van der Waals surface area contributed by atoms with Crippen molar-refractivity contribution in [3.8, 4) is 0 Å². The third-order valence-corrected chi connectivity index (χ3v) is 5.72. The molecule has 1 aromatic carbocycles. The fraction of sp³-hybridized carbons (Fsp3) is 0.636. The summed E-state index contributed by atoms with van der Waals surface area (Å²) in [5.41, 5.74) is 2.67. The lowest BCUT2D eigenvalue weighted by atomic mass is 10.1. The van der Waals surface area contributed by atoms with Gasteiger partial charge in [-0.2, -0.15) is 0 Å². The van der Waals surface area contributed by atoms with Crippen LogP contribution in [0.4, 0.5) is 0 Å². The van der Waals surface area contributed by atoms with E-state index in [1.165, 1.54) is 11.1 Å². The van der Waals surface area contributed by atoms with Crippen molar-refractivity contribution < 1.29 is 4.79 Å². The lowest BCUT2D eigenvalue weighted by Crippen LogP contribution is -2.54. The summed E-state index contributed by atoms with van der Waals surface area (Å²) in [5, 5.41) is 3.44. The first kappa shape index (κ1) is 23.9. The van der Waals surface area contributed by atoms with Gasteiger partial charge in [0.15, 0.2) is 5.96 Å². The predicted octanol–water partition coefficient (Wildman–Crippen LogP) is 2.57. The number of nitrogens with one attached hydrogen (secondary N) is 1. The normalized spacial score (nSPS) is 17.9. The zero-order valence-electron chi connectivity index (χ0n) is 17.9. The van der Waals surface area contributed by atoms with E-state index in [9.17, 15) is 4.79 Å². The molecule has 0 spiro atoms. The van der Waals surface area contributed by atoms with Crippen LogP contribution in [0.2, 0.25) is 0 Å². The molecular formula is C22H36IN5O. The zero-order valence-corrected chi connectivity index (χ0v) is 20.2. The van der Waals surface area contributed by atoms with Crippen molar-refractivity contribution in [1.29, 1.82) is 0 Å². The fourth-order valence-corrected chi connectivity index (χ4v) is 4.02. The zero-order chi connectivity index (χ0) is 19.8. The van der Waals surface area contributed by atoms with Crippen LogP contribution in [0.5, 0.6) is 0 Å². The van der Waals surface area contributed by atoms with E-state index in [1.54, 1.807) is 0 Å². The number of hydrogen-bond donors (Lipinski definition) is 1. The second-order valence-corrected chi connectivity index (χ2v) is 7.64.